The number of hydrogen-bond acceptors (Lipinski definition) is 6. The van der Waals surface area contributed by atoms with E-state index in [1.165, 1.54) is 16.7 Å². The van der Waals surface area contributed by atoms with Crippen LogP contribution >= 0.6 is 11.8 Å². The Morgan fingerprint density at radius 2 is 2.04 bits per heavy atom. The first-order valence-corrected chi connectivity index (χ1v) is 7.93. The Bertz CT molecular complexity index is 703. The molecule has 2 heterocycles. The number of carbonyl (C=O) groups is 3. The Kier molecular flexibility index (Phi) is 4.10. The molecule has 0 aliphatic carbocycles. The summed E-state index contributed by atoms with van der Waals surface area (Å²) in [5.41, 5.74) is 6.32. The summed E-state index contributed by atoms with van der Waals surface area (Å²) in [4.78, 5) is 36.4. The van der Waals surface area contributed by atoms with Gasteiger partial charge in [-0.15, -0.1) is 11.8 Å². The monoisotopic (exact) mass is 334 g/mol. The van der Waals surface area contributed by atoms with Crippen molar-refractivity contribution in [2.45, 2.75) is 11.4 Å². The zero-order valence-corrected chi connectivity index (χ0v) is 12.8. The SMILES string of the molecule is N[C@@H]1C(=O)N2C(C(=O)O)=C(COC(=O)c3ccccc3)CS[C@H]12. The highest BCUT2D eigenvalue weighted by molar-refractivity contribution is 8.00. The highest BCUT2D eigenvalue weighted by Gasteiger charge is 2.51. The molecule has 0 bridgehead atoms. The van der Waals surface area contributed by atoms with Crippen LogP contribution in [0.1, 0.15) is 10.4 Å². The lowest BCUT2D eigenvalue weighted by Crippen LogP contribution is -2.68. The lowest BCUT2D eigenvalue weighted by Gasteiger charge is -2.47. The molecule has 0 spiro atoms. The topological polar surface area (TPSA) is 110 Å². The van der Waals surface area contributed by atoms with Gasteiger partial charge in [0.05, 0.1) is 5.56 Å². The maximum Gasteiger partial charge on any atom is 0.352 e. The highest BCUT2D eigenvalue weighted by Crippen LogP contribution is 2.39. The quantitative estimate of drug-likeness (QED) is 0.606. The Labute approximate surface area is 136 Å². The number of rotatable bonds is 4. The van der Waals surface area contributed by atoms with Crippen LogP contribution in [0.4, 0.5) is 0 Å². The van der Waals surface area contributed by atoms with Crippen molar-refractivity contribution in [3.8, 4) is 0 Å². The number of amides is 1. The molecule has 2 aliphatic rings. The molecule has 3 rings (SSSR count). The molecule has 1 aromatic carbocycles. The van der Waals surface area contributed by atoms with Crippen LogP contribution in [0.5, 0.6) is 0 Å². The molecule has 1 saturated heterocycles. The first-order chi connectivity index (χ1) is 11.0. The number of carboxylic acid groups (broad SMARTS) is 1. The number of nitrogens with two attached hydrogens (primary N) is 1. The van der Waals surface area contributed by atoms with Gasteiger partial charge in [0, 0.05) is 11.3 Å². The van der Waals surface area contributed by atoms with Gasteiger partial charge in [-0.3, -0.25) is 9.69 Å². The highest BCUT2D eigenvalue weighted by atomic mass is 32.2. The summed E-state index contributed by atoms with van der Waals surface area (Å²) >= 11 is 1.37. The lowest BCUT2D eigenvalue weighted by atomic mass is 10.0. The molecule has 1 amide bonds. The molecule has 1 fully saturated rings. The second-order valence-corrected chi connectivity index (χ2v) is 6.24. The third-order valence-electron chi connectivity index (χ3n) is 3.68. The van der Waals surface area contributed by atoms with Crippen LogP contribution in [0.3, 0.4) is 0 Å². The summed E-state index contributed by atoms with van der Waals surface area (Å²) in [6.07, 6.45) is 0. The van der Waals surface area contributed by atoms with Gasteiger partial charge in [0.1, 0.15) is 23.7 Å². The van der Waals surface area contributed by atoms with Crippen LogP contribution in [-0.4, -0.2) is 51.6 Å². The van der Waals surface area contributed by atoms with Crippen molar-refractivity contribution in [1.82, 2.24) is 4.90 Å². The van der Waals surface area contributed by atoms with Crippen LogP contribution in [0.25, 0.3) is 0 Å². The Balaban J connectivity index is 1.76. The van der Waals surface area contributed by atoms with Crippen LogP contribution in [0.15, 0.2) is 41.6 Å². The summed E-state index contributed by atoms with van der Waals surface area (Å²) in [6.45, 7) is -0.173. The van der Waals surface area contributed by atoms with Gasteiger partial charge < -0.3 is 15.6 Å². The van der Waals surface area contributed by atoms with E-state index in [9.17, 15) is 19.5 Å². The molecule has 3 N–H and O–H groups in total. The number of benzene rings is 1. The average molecular weight is 334 g/mol. The summed E-state index contributed by atoms with van der Waals surface area (Å²) < 4.78 is 5.18. The van der Waals surface area contributed by atoms with E-state index in [-0.39, 0.29) is 17.7 Å². The largest absolute Gasteiger partial charge is 0.477 e. The fourth-order valence-electron chi connectivity index (χ4n) is 2.50. The predicted octanol–water partition coefficient (Wildman–Crippen LogP) is 0.425. The van der Waals surface area contributed by atoms with Crippen molar-refractivity contribution in [3.05, 3.63) is 47.2 Å². The Morgan fingerprint density at radius 1 is 1.35 bits per heavy atom. The van der Waals surface area contributed by atoms with Crippen molar-refractivity contribution in [1.29, 1.82) is 0 Å². The maximum absolute atomic E-state index is 11.9. The number of β-lactam (4-membered cyclic amide) rings is 1. The van der Waals surface area contributed by atoms with E-state index in [4.69, 9.17) is 10.5 Å². The predicted molar refractivity (Wildman–Crippen MR) is 82.5 cm³/mol. The average Bonchev–Trinajstić information content (AvgIpc) is 2.58. The van der Waals surface area contributed by atoms with Gasteiger partial charge >= 0.3 is 11.9 Å². The molecule has 2 aliphatic heterocycles. The molecule has 120 valence electrons. The van der Waals surface area contributed by atoms with E-state index >= 15 is 0 Å². The van der Waals surface area contributed by atoms with E-state index in [1.54, 1.807) is 30.3 Å². The molecule has 8 heteroatoms. The molecular weight excluding hydrogens is 320 g/mol. The van der Waals surface area contributed by atoms with Gasteiger partial charge in [0.2, 0.25) is 5.91 Å². The summed E-state index contributed by atoms with van der Waals surface area (Å²) in [5, 5.41) is 9.02. The van der Waals surface area contributed by atoms with Crippen LogP contribution in [-0.2, 0) is 14.3 Å². The minimum Gasteiger partial charge on any atom is -0.477 e. The van der Waals surface area contributed by atoms with Crippen molar-refractivity contribution < 1.29 is 24.2 Å². The van der Waals surface area contributed by atoms with E-state index < -0.39 is 23.9 Å². The number of fused-ring (bicyclic) bond motifs is 1. The van der Waals surface area contributed by atoms with Crippen molar-refractivity contribution >= 4 is 29.6 Å². The van der Waals surface area contributed by atoms with Gasteiger partial charge in [-0.2, -0.15) is 0 Å². The number of ether oxygens (including phenoxy) is 1. The minimum absolute atomic E-state index is 0.124. The summed E-state index contributed by atoms with van der Waals surface area (Å²) in [5.74, 6) is -1.83. The van der Waals surface area contributed by atoms with Crippen molar-refractivity contribution in [2.75, 3.05) is 12.4 Å². The summed E-state index contributed by atoms with van der Waals surface area (Å²) in [6, 6.07) is 7.73. The molecule has 0 radical (unpaired) electrons. The second-order valence-electron chi connectivity index (χ2n) is 5.14. The smallest absolute Gasteiger partial charge is 0.352 e. The number of hydrogen-bond donors (Lipinski definition) is 2. The van der Waals surface area contributed by atoms with E-state index in [1.807, 2.05) is 0 Å². The van der Waals surface area contributed by atoms with Gasteiger partial charge in [0.15, 0.2) is 0 Å². The van der Waals surface area contributed by atoms with Gasteiger partial charge in [-0.1, -0.05) is 18.2 Å². The van der Waals surface area contributed by atoms with Gasteiger partial charge in [-0.05, 0) is 12.1 Å². The van der Waals surface area contributed by atoms with E-state index in [0.29, 0.717) is 16.9 Å². The lowest BCUT2D eigenvalue weighted by molar-refractivity contribution is -0.148. The Morgan fingerprint density at radius 3 is 2.70 bits per heavy atom. The molecule has 1 aromatic rings. The fraction of sp³-hybridized carbons (Fsp3) is 0.267. The normalized spacial score (nSPS) is 23.2. The van der Waals surface area contributed by atoms with E-state index in [0.717, 1.165) is 0 Å². The van der Waals surface area contributed by atoms with Crippen molar-refractivity contribution in [3.63, 3.8) is 0 Å². The Hall–Kier alpha value is -2.32. The fourth-order valence-corrected chi connectivity index (χ4v) is 3.78. The van der Waals surface area contributed by atoms with E-state index in [2.05, 4.69) is 0 Å². The number of thioether (sulfide) groups is 1. The first kappa shape index (κ1) is 15.6. The molecule has 2 atom stereocenters. The molecule has 0 unspecified atom stereocenters. The third-order valence-corrected chi connectivity index (χ3v) is 5.04. The molecule has 0 saturated carbocycles. The molecular formula is C15H14N2O5S. The number of carboxylic acids is 1. The number of nitrogens with zero attached hydrogens (tertiary/aromatic N) is 1. The first-order valence-electron chi connectivity index (χ1n) is 6.88. The molecule has 0 aromatic heterocycles. The second kappa shape index (κ2) is 6.05. The summed E-state index contributed by atoms with van der Waals surface area (Å²) in [7, 11) is 0. The van der Waals surface area contributed by atoms with Crippen LogP contribution in [0, 0.1) is 0 Å². The number of aliphatic carboxylic acids is 1. The van der Waals surface area contributed by atoms with Crippen LogP contribution < -0.4 is 5.73 Å². The minimum atomic E-state index is -1.22. The number of carbonyl (C=O) groups excluding carboxylic acids is 2. The maximum atomic E-state index is 11.9. The van der Waals surface area contributed by atoms with Gasteiger partial charge in [-0.25, -0.2) is 9.59 Å². The molecule has 7 nitrogen and oxygen atoms in total. The van der Waals surface area contributed by atoms with Gasteiger partial charge in [0.25, 0.3) is 0 Å². The zero-order valence-electron chi connectivity index (χ0n) is 12.0. The number of esters is 1. The third kappa shape index (κ3) is 2.71. The van der Waals surface area contributed by atoms with Crippen LogP contribution in [0.2, 0.25) is 0 Å². The molecule has 23 heavy (non-hydrogen) atoms. The standard InChI is InChI=1S/C15H14N2O5S/c16-10-12(18)17-11(14(19)20)9(7-23-13(10)17)6-22-15(21)8-4-2-1-3-5-8/h1-5,10,13H,6-7,16H2,(H,19,20)/t10-,13-/m1/s1. The zero-order chi connectivity index (χ0) is 16.6. The van der Waals surface area contributed by atoms with Crippen molar-refractivity contribution in [2.24, 2.45) is 5.73 Å².